The van der Waals surface area contributed by atoms with Crippen LogP contribution in [-0.4, -0.2) is 29.5 Å². The number of fused-ring (bicyclic) bond motifs is 3. The van der Waals surface area contributed by atoms with Crippen LogP contribution in [-0.2, 0) is 6.42 Å². The van der Waals surface area contributed by atoms with Crippen LogP contribution in [0.1, 0.15) is 17.2 Å². The van der Waals surface area contributed by atoms with Gasteiger partial charge in [0, 0.05) is 6.42 Å². The van der Waals surface area contributed by atoms with E-state index in [1.54, 1.807) is 10.8 Å². The SMILES string of the molecule is Cc1nc2nc[nH]c2c2nc(Cc3ccccc3)nn12. The van der Waals surface area contributed by atoms with E-state index in [4.69, 9.17) is 0 Å². The van der Waals surface area contributed by atoms with Crippen LogP contribution in [0, 0.1) is 6.92 Å². The summed E-state index contributed by atoms with van der Waals surface area (Å²) in [5.41, 5.74) is 3.46. The van der Waals surface area contributed by atoms with Crippen LogP contribution in [0.4, 0.5) is 0 Å². The lowest BCUT2D eigenvalue weighted by Crippen LogP contribution is -1.98. The lowest BCUT2D eigenvalue weighted by molar-refractivity contribution is 0.842. The number of H-pyrrole nitrogens is 1. The molecule has 0 saturated heterocycles. The molecule has 3 aromatic heterocycles. The van der Waals surface area contributed by atoms with Crippen LogP contribution in [0.5, 0.6) is 0 Å². The molecule has 0 spiro atoms. The van der Waals surface area contributed by atoms with Gasteiger partial charge in [-0.15, -0.1) is 5.10 Å². The zero-order chi connectivity index (χ0) is 13.5. The van der Waals surface area contributed by atoms with E-state index in [0.717, 1.165) is 22.8 Å². The second-order valence-electron chi connectivity index (χ2n) is 4.69. The molecule has 0 aliphatic heterocycles. The van der Waals surface area contributed by atoms with E-state index < -0.39 is 0 Å². The summed E-state index contributed by atoms with van der Waals surface area (Å²) in [5.74, 6) is 1.56. The number of nitrogens with one attached hydrogen (secondary N) is 1. The number of aromatic amines is 1. The Morgan fingerprint density at radius 1 is 1.15 bits per heavy atom. The van der Waals surface area contributed by atoms with Gasteiger partial charge in [0.2, 0.25) is 0 Å². The number of hydrogen-bond donors (Lipinski definition) is 1. The zero-order valence-corrected chi connectivity index (χ0v) is 10.9. The summed E-state index contributed by atoms with van der Waals surface area (Å²) >= 11 is 0. The Balaban J connectivity index is 1.88. The molecule has 20 heavy (non-hydrogen) atoms. The Bertz CT molecular complexity index is 890. The quantitative estimate of drug-likeness (QED) is 0.600. The van der Waals surface area contributed by atoms with E-state index in [2.05, 4.69) is 37.2 Å². The summed E-state index contributed by atoms with van der Waals surface area (Å²) < 4.78 is 1.76. The second kappa shape index (κ2) is 4.12. The first-order valence-electron chi connectivity index (χ1n) is 6.40. The van der Waals surface area contributed by atoms with Crippen LogP contribution < -0.4 is 0 Å². The lowest BCUT2D eigenvalue weighted by atomic mass is 10.1. The minimum Gasteiger partial charge on any atom is -0.340 e. The molecule has 0 bridgehead atoms. The molecule has 98 valence electrons. The summed E-state index contributed by atoms with van der Waals surface area (Å²) in [5, 5.41) is 4.53. The fourth-order valence-electron chi connectivity index (χ4n) is 2.33. The summed E-state index contributed by atoms with van der Waals surface area (Å²) in [6.45, 7) is 1.90. The third-order valence-electron chi connectivity index (χ3n) is 3.27. The minimum atomic E-state index is 0.675. The predicted octanol–water partition coefficient (Wildman–Crippen LogP) is 1.90. The van der Waals surface area contributed by atoms with Gasteiger partial charge in [0.05, 0.1) is 6.33 Å². The minimum absolute atomic E-state index is 0.675. The lowest BCUT2D eigenvalue weighted by Gasteiger charge is -1.96. The molecule has 6 nitrogen and oxygen atoms in total. The number of aromatic nitrogens is 6. The van der Waals surface area contributed by atoms with E-state index >= 15 is 0 Å². The molecule has 0 fully saturated rings. The van der Waals surface area contributed by atoms with Gasteiger partial charge in [0.15, 0.2) is 17.1 Å². The predicted molar refractivity (Wildman–Crippen MR) is 74.4 cm³/mol. The molecule has 3 heterocycles. The highest BCUT2D eigenvalue weighted by atomic mass is 15.3. The van der Waals surface area contributed by atoms with Crippen molar-refractivity contribution < 1.29 is 0 Å². The summed E-state index contributed by atoms with van der Waals surface area (Å²) in [6.07, 6.45) is 2.33. The van der Waals surface area contributed by atoms with Crippen molar-refractivity contribution in [1.82, 2.24) is 29.5 Å². The zero-order valence-electron chi connectivity index (χ0n) is 10.9. The Morgan fingerprint density at radius 2 is 2.00 bits per heavy atom. The average molecular weight is 264 g/mol. The van der Waals surface area contributed by atoms with Crippen molar-refractivity contribution in [2.24, 2.45) is 0 Å². The maximum absolute atomic E-state index is 4.61. The van der Waals surface area contributed by atoms with Crippen LogP contribution in [0.3, 0.4) is 0 Å². The van der Waals surface area contributed by atoms with Gasteiger partial charge < -0.3 is 4.98 Å². The number of benzene rings is 1. The van der Waals surface area contributed by atoms with Gasteiger partial charge >= 0.3 is 0 Å². The average Bonchev–Trinajstić information content (AvgIpc) is 3.06. The molecule has 4 rings (SSSR count). The van der Waals surface area contributed by atoms with E-state index in [1.165, 1.54) is 5.56 Å². The van der Waals surface area contributed by atoms with Crippen LogP contribution in [0.2, 0.25) is 0 Å². The first kappa shape index (κ1) is 11.1. The number of aryl methyl sites for hydroxylation is 1. The number of imidazole rings is 1. The maximum atomic E-state index is 4.61. The van der Waals surface area contributed by atoms with Crippen LogP contribution in [0.15, 0.2) is 36.7 Å². The Labute approximate surface area is 114 Å². The summed E-state index contributed by atoms with van der Waals surface area (Å²) in [7, 11) is 0. The van der Waals surface area contributed by atoms with Gasteiger partial charge in [-0.1, -0.05) is 30.3 Å². The van der Waals surface area contributed by atoms with Crippen molar-refractivity contribution in [3.8, 4) is 0 Å². The van der Waals surface area contributed by atoms with Gasteiger partial charge in [-0.25, -0.2) is 15.0 Å². The van der Waals surface area contributed by atoms with E-state index in [1.807, 2.05) is 25.1 Å². The molecule has 4 aromatic rings. The van der Waals surface area contributed by atoms with E-state index in [0.29, 0.717) is 12.1 Å². The first-order valence-corrected chi connectivity index (χ1v) is 6.40. The molecule has 0 aliphatic rings. The molecular formula is C14H12N6. The molecule has 0 amide bonds. The Hall–Kier alpha value is -2.76. The maximum Gasteiger partial charge on any atom is 0.185 e. The number of hydrogen-bond acceptors (Lipinski definition) is 4. The van der Waals surface area contributed by atoms with Crippen molar-refractivity contribution in [1.29, 1.82) is 0 Å². The van der Waals surface area contributed by atoms with Crippen LogP contribution in [0.25, 0.3) is 16.8 Å². The molecule has 1 aromatic carbocycles. The van der Waals surface area contributed by atoms with Crippen molar-refractivity contribution in [2.45, 2.75) is 13.3 Å². The highest BCUT2D eigenvalue weighted by molar-refractivity contribution is 5.84. The van der Waals surface area contributed by atoms with E-state index in [-0.39, 0.29) is 0 Å². The van der Waals surface area contributed by atoms with Gasteiger partial charge in [0.1, 0.15) is 11.3 Å². The third-order valence-corrected chi connectivity index (χ3v) is 3.27. The number of rotatable bonds is 2. The van der Waals surface area contributed by atoms with Crippen molar-refractivity contribution in [2.75, 3.05) is 0 Å². The molecular weight excluding hydrogens is 252 g/mol. The highest BCUT2D eigenvalue weighted by Gasteiger charge is 2.12. The Morgan fingerprint density at radius 3 is 2.85 bits per heavy atom. The smallest absolute Gasteiger partial charge is 0.185 e. The van der Waals surface area contributed by atoms with Gasteiger partial charge in [-0.2, -0.15) is 4.52 Å². The Kier molecular flexibility index (Phi) is 2.29. The third kappa shape index (κ3) is 1.65. The molecule has 1 N–H and O–H groups in total. The summed E-state index contributed by atoms with van der Waals surface area (Å²) in [4.78, 5) is 16.3. The van der Waals surface area contributed by atoms with Gasteiger partial charge in [-0.3, -0.25) is 0 Å². The fraction of sp³-hybridized carbons (Fsp3) is 0.143. The molecule has 0 atom stereocenters. The largest absolute Gasteiger partial charge is 0.340 e. The number of nitrogens with zero attached hydrogens (tertiary/aromatic N) is 5. The van der Waals surface area contributed by atoms with Crippen LogP contribution >= 0.6 is 0 Å². The molecule has 0 unspecified atom stereocenters. The van der Waals surface area contributed by atoms with E-state index in [9.17, 15) is 0 Å². The topological polar surface area (TPSA) is 71.8 Å². The molecule has 0 aliphatic carbocycles. The van der Waals surface area contributed by atoms with Crippen molar-refractivity contribution in [3.05, 3.63) is 53.9 Å². The standard InChI is InChI=1S/C14H12N6/c1-9-17-13-12(15-8-16-13)14-18-11(19-20(9)14)7-10-5-3-2-4-6-10/h2-6,8H,7H2,1H3,(H,15,16). The molecule has 6 heteroatoms. The molecule has 0 radical (unpaired) electrons. The monoisotopic (exact) mass is 264 g/mol. The van der Waals surface area contributed by atoms with Gasteiger partial charge in [0.25, 0.3) is 0 Å². The second-order valence-corrected chi connectivity index (χ2v) is 4.69. The highest BCUT2D eigenvalue weighted by Crippen LogP contribution is 2.15. The van der Waals surface area contributed by atoms with Crippen molar-refractivity contribution in [3.63, 3.8) is 0 Å². The summed E-state index contributed by atoms with van der Waals surface area (Å²) in [6, 6.07) is 10.2. The normalized spacial score (nSPS) is 11.4. The van der Waals surface area contributed by atoms with Crippen molar-refractivity contribution >= 4 is 16.8 Å². The molecule has 0 saturated carbocycles. The van der Waals surface area contributed by atoms with Gasteiger partial charge in [-0.05, 0) is 12.5 Å². The fourth-order valence-corrected chi connectivity index (χ4v) is 2.33. The first-order chi connectivity index (χ1) is 9.81.